The number of hydrazone groups is 1. The Morgan fingerprint density at radius 2 is 1.78 bits per heavy atom. The van der Waals surface area contributed by atoms with E-state index in [-0.39, 0.29) is 17.3 Å². The number of hydrogen-bond donors (Lipinski definition) is 1. The van der Waals surface area contributed by atoms with Crippen molar-refractivity contribution in [3.63, 3.8) is 0 Å². The van der Waals surface area contributed by atoms with Crippen molar-refractivity contribution in [2.75, 3.05) is 5.43 Å². The number of benzene rings is 2. The molecule has 0 aliphatic carbocycles. The van der Waals surface area contributed by atoms with Crippen LogP contribution in [0.15, 0.2) is 70.5 Å². The van der Waals surface area contributed by atoms with Crippen LogP contribution in [0.4, 0.5) is 17.1 Å². The van der Waals surface area contributed by atoms with Gasteiger partial charge in [-0.05, 0) is 34.0 Å². The van der Waals surface area contributed by atoms with Crippen molar-refractivity contribution < 1.29 is 9.85 Å². The molecule has 136 valence electrons. The molecule has 0 saturated carbocycles. The van der Waals surface area contributed by atoms with Crippen LogP contribution in [0.5, 0.6) is 0 Å². The SMILES string of the molecule is O=[N+]([O-])c1ccc(N/N=C\[C@@H](c2ccccc2)c2ccsc2)c([N+](=O)[O-])c1. The number of thiophene rings is 1. The fourth-order valence-corrected chi connectivity index (χ4v) is 3.23. The number of nitrogens with one attached hydrogen (secondary N) is 1. The normalized spacial score (nSPS) is 12.0. The summed E-state index contributed by atoms with van der Waals surface area (Å²) in [6.45, 7) is 0. The number of nitrogens with zero attached hydrogens (tertiary/aromatic N) is 3. The molecular formula is C18H14N4O4S. The van der Waals surface area contributed by atoms with E-state index in [0.29, 0.717) is 0 Å². The molecule has 0 radical (unpaired) electrons. The minimum atomic E-state index is -0.682. The summed E-state index contributed by atoms with van der Waals surface area (Å²) in [7, 11) is 0. The van der Waals surface area contributed by atoms with Gasteiger partial charge in [0.05, 0.1) is 15.9 Å². The zero-order valence-electron chi connectivity index (χ0n) is 13.9. The molecule has 0 aliphatic rings. The Balaban J connectivity index is 1.87. The van der Waals surface area contributed by atoms with Crippen LogP contribution in [0, 0.1) is 20.2 Å². The molecular weight excluding hydrogens is 368 g/mol. The number of rotatable bonds is 7. The summed E-state index contributed by atoms with van der Waals surface area (Å²) < 4.78 is 0. The second-order valence-electron chi connectivity index (χ2n) is 5.55. The van der Waals surface area contributed by atoms with Crippen molar-refractivity contribution in [1.82, 2.24) is 0 Å². The summed E-state index contributed by atoms with van der Waals surface area (Å²) in [5, 5.41) is 30.1. The lowest BCUT2D eigenvalue weighted by molar-refractivity contribution is -0.393. The lowest BCUT2D eigenvalue weighted by atomic mass is 9.95. The molecule has 1 heterocycles. The smallest absolute Gasteiger partial charge is 0.272 e. The number of anilines is 1. The predicted octanol–water partition coefficient (Wildman–Crippen LogP) is 4.79. The maximum Gasteiger partial charge on any atom is 0.301 e. The van der Waals surface area contributed by atoms with Gasteiger partial charge in [-0.3, -0.25) is 25.7 Å². The third-order valence-corrected chi connectivity index (χ3v) is 4.56. The van der Waals surface area contributed by atoms with Gasteiger partial charge in [-0.15, -0.1) is 0 Å². The monoisotopic (exact) mass is 382 g/mol. The zero-order valence-corrected chi connectivity index (χ0v) is 14.7. The van der Waals surface area contributed by atoms with E-state index in [1.54, 1.807) is 17.6 Å². The van der Waals surface area contributed by atoms with Gasteiger partial charge in [0.25, 0.3) is 5.69 Å². The average Bonchev–Trinajstić information content (AvgIpc) is 3.20. The highest BCUT2D eigenvalue weighted by Gasteiger charge is 2.19. The second kappa shape index (κ2) is 8.19. The standard InChI is InChI=1S/C18H14N4O4S/c23-21(24)15-6-7-17(18(10-15)22(25)26)20-19-11-16(14-8-9-27-12-14)13-4-2-1-3-5-13/h1-12,16,20H/b19-11-/t16-/m0/s1. The fourth-order valence-electron chi connectivity index (χ4n) is 2.54. The predicted molar refractivity (Wildman–Crippen MR) is 104 cm³/mol. The van der Waals surface area contributed by atoms with E-state index in [9.17, 15) is 20.2 Å². The van der Waals surface area contributed by atoms with Gasteiger partial charge in [0, 0.05) is 18.2 Å². The summed E-state index contributed by atoms with van der Waals surface area (Å²) >= 11 is 1.57. The van der Waals surface area contributed by atoms with E-state index in [1.807, 2.05) is 47.2 Å². The van der Waals surface area contributed by atoms with Gasteiger partial charge < -0.3 is 0 Å². The molecule has 1 aromatic heterocycles. The topological polar surface area (TPSA) is 111 Å². The van der Waals surface area contributed by atoms with Gasteiger partial charge in [-0.25, -0.2) is 0 Å². The van der Waals surface area contributed by atoms with E-state index >= 15 is 0 Å². The third-order valence-electron chi connectivity index (χ3n) is 3.86. The Kier molecular flexibility index (Phi) is 5.53. The molecule has 0 saturated heterocycles. The van der Waals surface area contributed by atoms with Crippen molar-refractivity contribution in [3.8, 4) is 0 Å². The maximum atomic E-state index is 11.2. The summed E-state index contributed by atoms with van der Waals surface area (Å²) in [4.78, 5) is 20.6. The minimum Gasteiger partial charge on any atom is -0.272 e. The van der Waals surface area contributed by atoms with Crippen molar-refractivity contribution >= 4 is 34.6 Å². The molecule has 8 nitrogen and oxygen atoms in total. The van der Waals surface area contributed by atoms with Crippen molar-refractivity contribution in [3.05, 3.63) is 96.7 Å². The number of hydrogen-bond acceptors (Lipinski definition) is 7. The molecule has 0 spiro atoms. The highest BCUT2D eigenvalue weighted by atomic mass is 32.1. The molecule has 3 rings (SSSR count). The zero-order chi connectivity index (χ0) is 19.2. The van der Waals surface area contributed by atoms with Crippen LogP contribution in [-0.4, -0.2) is 16.1 Å². The Hall–Kier alpha value is -3.59. The Morgan fingerprint density at radius 3 is 2.41 bits per heavy atom. The second-order valence-corrected chi connectivity index (χ2v) is 6.33. The van der Waals surface area contributed by atoms with Gasteiger partial charge >= 0.3 is 5.69 Å². The Labute approximate surface area is 158 Å². The first-order valence-corrected chi connectivity index (χ1v) is 8.79. The first kappa shape index (κ1) is 18.2. The summed E-state index contributed by atoms with van der Waals surface area (Å²) in [5.74, 6) is -0.123. The molecule has 27 heavy (non-hydrogen) atoms. The first-order chi connectivity index (χ1) is 13.1. The highest BCUT2D eigenvalue weighted by molar-refractivity contribution is 7.08. The number of non-ortho nitro benzene ring substituents is 1. The van der Waals surface area contributed by atoms with Crippen LogP contribution in [0.3, 0.4) is 0 Å². The molecule has 1 atom stereocenters. The maximum absolute atomic E-state index is 11.2. The first-order valence-electron chi connectivity index (χ1n) is 7.85. The van der Waals surface area contributed by atoms with E-state index < -0.39 is 15.5 Å². The molecule has 9 heteroatoms. The average molecular weight is 382 g/mol. The van der Waals surface area contributed by atoms with E-state index in [4.69, 9.17) is 0 Å². The molecule has 2 aromatic carbocycles. The lowest BCUT2D eigenvalue weighted by Gasteiger charge is -2.11. The number of nitro benzene ring substituents is 2. The van der Waals surface area contributed by atoms with Crippen LogP contribution in [0.2, 0.25) is 0 Å². The van der Waals surface area contributed by atoms with Crippen LogP contribution in [0.1, 0.15) is 17.0 Å². The van der Waals surface area contributed by atoms with E-state index in [1.165, 1.54) is 12.1 Å². The largest absolute Gasteiger partial charge is 0.301 e. The lowest BCUT2D eigenvalue weighted by Crippen LogP contribution is -2.04. The van der Waals surface area contributed by atoms with E-state index in [2.05, 4.69) is 10.5 Å². The molecule has 1 N–H and O–H groups in total. The highest BCUT2D eigenvalue weighted by Crippen LogP contribution is 2.29. The molecule has 0 amide bonds. The number of nitro groups is 2. The van der Waals surface area contributed by atoms with Crippen molar-refractivity contribution in [2.24, 2.45) is 5.10 Å². The molecule has 0 unspecified atom stereocenters. The van der Waals surface area contributed by atoms with Gasteiger partial charge in [0.1, 0.15) is 5.69 Å². The fraction of sp³-hybridized carbons (Fsp3) is 0.0556. The van der Waals surface area contributed by atoms with Crippen LogP contribution in [-0.2, 0) is 0 Å². The molecule has 0 aliphatic heterocycles. The van der Waals surface area contributed by atoms with Crippen LogP contribution in [0.25, 0.3) is 0 Å². The molecule has 0 bridgehead atoms. The summed E-state index contributed by atoms with van der Waals surface area (Å²) in [6.07, 6.45) is 1.66. The van der Waals surface area contributed by atoms with Gasteiger partial charge in [0.2, 0.25) is 0 Å². The van der Waals surface area contributed by atoms with Crippen molar-refractivity contribution in [1.29, 1.82) is 0 Å². The van der Waals surface area contributed by atoms with Crippen LogP contribution < -0.4 is 5.43 Å². The Morgan fingerprint density at radius 1 is 1.00 bits per heavy atom. The van der Waals surface area contributed by atoms with E-state index in [0.717, 1.165) is 17.2 Å². The minimum absolute atomic E-state index is 0.0824. The summed E-state index contributed by atoms with van der Waals surface area (Å²) in [5.41, 5.74) is 4.03. The third kappa shape index (κ3) is 4.33. The Bertz CT molecular complexity index is 974. The van der Waals surface area contributed by atoms with Gasteiger partial charge in [0.15, 0.2) is 0 Å². The quantitative estimate of drug-likeness (QED) is 0.359. The van der Waals surface area contributed by atoms with Gasteiger partial charge in [-0.1, -0.05) is 30.3 Å². The van der Waals surface area contributed by atoms with Crippen molar-refractivity contribution in [2.45, 2.75) is 5.92 Å². The van der Waals surface area contributed by atoms with Gasteiger partial charge in [-0.2, -0.15) is 16.4 Å². The molecule has 3 aromatic rings. The molecule has 0 fully saturated rings. The van der Waals surface area contributed by atoms with Crippen LogP contribution >= 0.6 is 11.3 Å². The summed E-state index contributed by atoms with van der Waals surface area (Å²) in [6, 6.07) is 15.1.